The topological polar surface area (TPSA) is 51.4 Å². The van der Waals surface area contributed by atoms with Crippen LogP contribution in [0.4, 0.5) is 0 Å². The highest BCUT2D eigenvalue weighted by atomic mass is 16.2. The average Bonchev–Trinajstić information content (AvgIpc) is 2.93. The van der Waals surface area contributed by atoms with E-state index in [9.17, 15) is 4.79 Å². The minimum Gasteiger partial charge on any atom is -0.357 e. The number of aromatic nitrogens is 1. The number of carbonyl (C=O) groups is 1. The molecule has 2 aromatic rings. The Kier molecular flexibility index (Phi) is 3.39. The van der Waals surface area contributed by atoms with Gasteiger partial charge in [0.15, 0.2) is 0 Å². The highest BCUT2D eigenvalue weighted by molar-refractivity contribution is 6.06. The molecule has 1 amide bonds. The van der Waals surface area contributed by atoms with Gasteiger partial charge in [-0.1, -0.05) is 12.1 Å². The molecule has 0 spiro atoms. The van der Waals surface area contributed by atoms with Crippen LogP contribution in [0.5, 0.6) is 0 Å². The summed E-state index contributed by atoms with van der Waals surface area (Å²) in [5.74, 6) is 0.152. The van der Waals surface area contributed by atoms with Gasteiger partial charge in [0.25, 0.3) is 5.91 Å². The Labute approximate surface area is 130 Å². The fraction of sp³-hybridized carbons (Fsp3) is 0.471. The summed E-state index contributed by atoms with van der Waals surface area (Å²) in [5, 5.41) is 4.51. The quantitative estimate of drug-likeness (QED) is 0.832. The first-order valence-corrected chi connectivity index (χ1v) is 8.05. The minimum atomic E-state index is 0.152. The Bertz CT molecular complexity index is 715. The van der Waals surface area contributed by atoms with Crippen molar-refractivity contribution in [1.82, 2.24) is 20.1 Å². The van der Waals surface area contributed by atoms with Crippen LogP contribution < -0.4 is 5.32 Å². The van der Waals surface area contributed by atoms with Gasteiger partial charge in [0.1, 0.15) is 0 Å². The lowest BCUT2D eigenvalue weighted by molar-refractivity contribution is 0.0737. The molecule has 0 atom stereocenters. The lowest BCUT2D eigenvalue weighted by atomic mass is 10.0. The predicted octanol–water partition coefficient (Wildman–Crippen LogP) is 1.20. The molecule has 5 nitrogen and oxygen atoms in total. The molecule has 0 radical (unpaired) electrons. The van der Waals surface area contributed by atoms with Crippen LogP contribution in [-0.2, 0) is 13.0 Å². The van der Waals surface area contributed by atoms with Gasteiger partial charge < -0.3 is 20.1 Å². The van der Waals surface area contributed by atoms with E-state index in [0.29, 0.717) is 0 Å². The molecule has 3 heterocycles. The number of amides is 1. The van der Waals surface area contributed by atoms with E-state index in [-0.39, 0.29) is 5.91 Å². The molecule has 2 N–H and O–H groups in total. The van der Waals surface area contributed by atoms with Gasteiger partial charge in [-0.3, -0.25) is 4.79 Å². The number of aromatic amines is 1. The molecule has 2 aliphatic heterocycles. The number of nitrogens with zero attached hydrogens (tertiary/aromatic N) is 2. The molecular weight excluding hydrogens is 276 g/mol. The zero-order valence-electron chi connectivity index (χ0n) is 13.0. The van der Waals surface area contributed by atoms with Crippen molar-refractivity contribution < 1.29 is 4.79 Å². The number of carbonyl (C=O) groups excluding carboxylic acids is 1. The van der Waals surface area contributed by atoms with Crippen molar-refractivity contribution in [3.8, 4) is 0 Å². The van der Waals surface area contributed by atoms with Crippen molar-refractivity contribution in [3.05, 3.63) is 35.0 Å². The Morgan fingerprint density at radius 3 is 2.82 bits per heavy atom. The Morgan fingerprint density at radius 1 is 1.18 bits per heavy atom. The molecule has 22 heavy (non-hydrogen) atoms. The van der Waals surface area contributed by atoms with E-state index in [1.165, 1.54) is 16.6 Å². The fourth-order valence-electron chi connectivity index (χ4n) is 3.59. The van der Waals surface area contributed by atoms with Crippen LogP contribution in [-0.4, -0.2) is 60.5 Å². The normalized spacial score (nSPS) is 19.4. The van der Waals surface area contributed by atoms with E-state index in [1.807, 2.05) is 17.0 Å². The van der Waals surface area contributed by atoms with E-state index >= 15 is 0 Å². The van der Waals surface area contributed by atoms with Gasteiger partial charge >= 0.3 is 0 Å². The smallest absolute Gasteiger partial charge is 0.256 e. The average molecular weight is 298 g/mol. The molecule has 1 aromatic heterocycles. The van der Waals surface area contributed by atoms with E-state index < -0.39 is 0 Å². The first-order valence-electron chi connectivity index (χ1n) is 8.05. The molecule has 2 aliphatic rings. The van der Waals surface area contributed by atoms with Crippen LogP contribution in [0.1, 0.15) is 21.6 Å². The third-order valence-electron chi connectivity index (χ3n) is 4.84. The second kappa shape index (κ2) is 5.41. The summed E-state index contributed by atoms with van der Waals surface area (Å²) in [6.07, 6.45) is 1.03. The third-order valence-corrected chi connectivity index (χ3v) is 4.84. The molecule has 1 saturated heterocycles. The number of rotatable bonds is 1. The van der Waals surface area contributed by atoms with E-state index in [4.69, 9.17) is 0 Å². The molecule has 1 aromatic carbocycles. The van der Waals surface area contributed by atoms with Gasteiger partial charge in [0, 0.05) is 56.8 Å². The molecule has 0 bridgehead atoms. The number of para-hydroxylation sites is 1. The lowest BCUT2D eigenvalue weighted by Gasteiger charge is -2.27. The van der Waals surface area contributed by atoms with E-state index in [0.717, 1.165) is 56.8 Å². The van der Waals surface area contributed by atoms with Gasteiger partial charge in [-0.2, -0.15) is 0 Å². The molecule has 0 unspecified atom stereocenters. The SMILES string of the molecule is CN1CCc2[nH]c3c(C(=O)N4CCNCC4)cccc3c2C1. The molecule has 1 fully saturated rings. The summed E-state index contributed by atoms with van der Waals surface area (Å²) in [5.41, 5.74) is 4.50. The molecule has 4 rings (SSSR count). The molecule has 0 saturated carbocycles. The highest BCUT2D eigenvalue weighted by Gasteiger charge is 2.24. The van der Waals surface area contributed by atoms with Crippen molar-refractivity contribution >= 4 is 16.8 Å². The summed E-state index contributed by atoms with van der Waals surface area (Å²) in [7, 11) is 2.15. The summed E-state index contributed by atoms with van der Waals surface area (Å²) in [6.45, 7) is 5.37. The highest BCUT2D eigenvalue weighted by Crippen LogP contribution is 2.29. The number of nitrogens with one attached hydrogen (secondary N) is 2. The number of likely N-dealkylation sites (N-methyl/N-ethyl adjacent to an activating group) is 1. The van der Waals surface area contributed by atoms with Crippen LogP contribution in [0.2, 0.25) is 0 Å². The largest absolute Gasteiger partial charge is 0.357 e. The van der Waals surface area contributed by atoms with Crippen LogP contribution in [0.3, 0.4) is 0 Å². The monoisotopic (exact) mass is 298 g/mol. The Hall–Kier alpha value is -1.85. The van der Waals surface area contributed by atoms with Crippen LogP contribution in [0.25, 0.3) is 10.9 Å². The minimum absolute atomic E-state index is 0.152. The second-order valence-electron chi connectivity index (χ2n) is 6.34. The standard InChI is InChI=1S/C17H22N4O/c1-20-8-5-15-14(11-20)12-3-2-4-13(16(12)19-15)17(22)21-9-6-18-7-10-21/h2-4,18-19H,5-11H2,1H3. The Morgan fingerprint density at radius 2 is 2.00 bits per heavy atom. The maximum absolute atomic E-state index is 12.9. The van der Waals surface area contributed by atoms with Gasteiger partial charge in [0.05, 0.1) is 11.1 Å². The number of hydrogen-bond donors (Lipinski definition) is 2. The van der Waals surface area contributed by atoms with Crippen LogP contribution >= 0.6 is 0 Å². The molecular formula is C17H22N4O. The molecule has 5 heteroatoms. The van der Waals surface area contributed by atoms with Crippen molar-refractivity contribution in [1.29, 1.82) is 0 Å². The first kappa shape index (κ1) is 13.8. The number of hydrogen-bond acceptors (Lipinski definition) is 3. The number of piperazine rings is 1. The van der Waals surface area contributed by atoms with Crippen molar-refractivity contribution in [2.45, 2.75) is 13.0 Å². The maximum atomic E-state index is 12.9. The summed E-state index contributed by atoms with van der Waals surface area (Å²) in [6, 6.07) is 6.11. The number of H-pyrrole nitrogens is 1. The zero-order chi connectivity index (χ0) is 15.1. The van der Waals surface area contributed by atoms with E-state index in [2.05, 4.69) is 28.3 Å². The molecule has 116 valence electrons. The van der Waals surface area contributed by atoms with Crippen molar-refractivity contribution in [3.63, 3.8) is 0 Å². The van der Waals surface area contributed by atoms with Gasteiger partial charge in [-0.05, 0) is 18.7 Å². The predicted molar refractivity (Wildman–Crippen MR) is 87.1 cm³/mol. The van der Waals surface area contributed by atoms with Crippen LogP contribution in [0, 0.1) is 0 Å². The Balaban J connectivity index is 1.77. The summed E-state index contributed by atoms with van der Waals surface area (Å²) in [4.78, 5) is 20.7. The van der Waals surface area contributed by atoms with Gasteiger partial charge in [-0.15, -0.1) is 0 Å². The summed E-state index contributed by atoms with van der Waals surface area (Å²) < 4.78 is 0. The van der Waals surface area contributed by atoms with Crippen molar-refractivity contribution in [2.75, 3.05) is 39.8 Å². The third kappa shape index (κ3) is 2.21. The van der Waals surface area contributed by atoms with E-state index in [1.54, 1.807) is 0 Å². The first-order chi connectivity index (χ1) is 10.7. The van der Waals surface area contributed by atoms with Crippen molar-refractivity contribution in [2.24, 2.45) is 0 Å². The van der Waals surface area contributed by atoms with Crippen LogP contribution in [0.15, 0.2) is 18.2 Å². The summed E-state index contributed by atoms with van der Waals surface area (Å²) >= 11 is 0. The lowest BCUT2D eigenvalue weighted by Crippen LogP contribution is -2.46. The second-order valence-corrected chi connectivity index (χ2v) is 6.34. The zero-order valence-corrected chi connectivity index (χ0v) is 13.0. The maximum Gasteiger partial charge on any atom is 0.256 e. The van der Waals surface area contributed by atoms with Gasteiger partial charge in [-0.25, -0.2) is 0 Å². The van der Waals surface area contributed by atoms with Gasteiger partial charge in [0.2, 0.25) is 0 Å². The molecule has 0 aliphatic carbocycles. The number of fused-ring (bicyclic) bond motifs is 3. The number of benzene rings is 1. The fourth-order valence-corrected chi connectivity index (χ4v) is 3.59.